The van der Waals surface area contributed by atoms with Crippen molar-refractivity contribution in [3.05, 3.63) is 193 Å². The molecule has 56 heavy (non-hydrogen) atoms. The fourth-order valence-electron chi connectivity index (χ4n) is 10.0. The molecular formula is C55H36S. The SMILES string of the molecule is CC1(C)c2ccc(-c3ccc4cc(-c5c6ccccc6c(-c6ccccc6)c6ccccc56)ccc4c3)cc2-c2ccc3ccc4c5ccccc5sc4c3c21. The summed E-state index contributed by atoms with van der Waals surface area (Å²) < 4.78 is 2.76. The number of benzene rings is 10. The molecule has 12 rings (SSSR count). The van der Waals surface area contributed by atoms with Gasteiger partial charge < -0.3 is 0 Å². The van der Waals surface area contributed by atoms with Crippen molar-refractivity contribution >= 4 is 74.6 Å². The second kappa shape index (κ2) is 11.7. The Balaban J connectivity index is 0.986. The van der Waals surface area contributed by atoms with E-state index in [2.05, 4.69) is 196 Å². The molecule has 0 N–H and O–H groups in total. The summed E-state index contributed by atoms with van der Waals surface area (Å²) in [6, 6.07) is 68.1. The van der Waals surface area contributed by atoms with E-state index in [-0.39, 0.29) is 5.41 Å². The molecule has 1 heterocycles. The highest BCUT2D eigenvalue weighted by Crippen LogP contribution is 2.54. The van der Waals surface area contributed by atoms with Gasteiger partial charge in [0.05, 0.1) is 0 Å². The summed E-state index contributed by atoms with van der Waals surface area (Å²) in [5.74, 6) is 0. The highest BCUT2D eigenvalue weighted by Gasteiger charge is 2.37. The van der Waals surface area contributed by atoms with E-state index in [1.807, 2.05) is 11.3 Å². The smallest absolute Gasteiger partial charge is 0.0437 e. The summed E-state index contributed by atoms with van der Waals surface area (Å²) in [7, 11) is 0. The second-order valence-corrected chi connectivity index (χ2v) is 17.0. The molecule has 0 atom stereocenters. The lowest BCUT2D eigenvalue weighted by atomic mass is 9.80. The third-order valence-electron chi connectivity index (χ3n) is 12.6. The van der Waals surface area contributed by atoms with Gasteiger partial charge in [-0.2, -0.15) is 0 Å². The van der Waals surface area contributed by atoms with Crippen LogP contribution in [0.15, 0.2) is 182 Å². The lowest BCUT2D eigenvalue weighted by molar-refractivity contribution is 0.667. The maximum absolute atomic E-state index is 2.45. The normalized spacial score (nSPS) is 13.3. The molecule has 262 valence electrons. The van der Waals surface area contributed by atoms with E-state index in [1.54, 1.807) is 0 Å². The molecule has 1 heteroatoms. The minimum absolute atomic E-state index is 0.111. The Morgan fingerprint density at radius 2 is 0.911 bits per heavy atom. The van der Waals surface area contributed by atoms with E-state index in [9.17, 15) is 0 Å². The van der Waals surface area contributed by atoms with Gasteiger partial charge >= 0.3 is 0 Å². The van der Waals surface area contributed by atoms with E-state index in [0.717, 1.165) is 0 Å². The number of fused-ring (bicyclic) bond motifs is 12. The molecule has 0 nitrogen and oxygen atoms in total. The standard InChI is InChI=1S/C55H36S/c1-55(2)48-29-26-38(32-47(48)45-27-24-34-25-28-46-40-14-10-11-19-49(40)56-54(46)52(34)53(45)55)36-20-21-37-31-39(23-22-35(37)30-36)51-43-17-8-6-15-41(43)50(33-12-4-3-5-13-33)42-16-7-9-18-44(42)51/h3-32H,1-2H3. The van der Waals surface area contributed by atoms with Crippen LogP contribution >= 0.6 is 11.3 Å². The van der Waals surface area contributed by atoms with Crippen LogP contribution in [0.1, 0.15) is 25.0 Å². The van der Waals surface area contributed by atoms with E-state index >= 15 is 0 Å². The average Bonchev–Trinajstić information content (AvgIpc) is 3.74. The monoisotopic (exact) mass is 728 g/mol. The van der Waals surface area contributed by atoms with Crippen LogP contribution in [0.5, 0.6) is 0 Å². The van der Waals surface area contributed by atoms with Crippen molar-refractivity contribution in [3.8, 4) is 44.5 Å². The molecule has 0 bridgehead atoms. The highest BCUT2D eigenvalue weighted by molar-refractivity contribution is 7.26. The van der Waals surface area contributed by atoms with Crippen LogP contribution in [0.25, 0.3) is 108 Å². The van der Waals surface area contributed by atoms with Crippen molar-refractivity contribution in [2.75, 3.05) is 0 Å². The molecule has 0 saturated heterocycles. The zero-order valence-electron chi connectivity index (χ0n) is 31.2. The van der Waals surface area contributed by atoms with Gasteiger partial charge in [-0.3, -0.25) is 0 Å². The van der Waals surface area contributed by atoms with Crippen molar-refractivity contribution < 1.29 is 0 Å². The molecule has 0 fully saturated rings. The first-order valence-corrected chi connectivity index (χ1v) is 20.4. The van der Waals surface area contributed by atoms with E-state index in [1.165, 1.54) is 119 Å². The first-order chi connectivity index (χ1) is 27.5. The Kier molecular flexibility index (Phi) is 6.66. The Hall–Kier alpha value is -6.54. The minimum atomic E-state index is -0.111. The van der Waals surface area contributed by atoms with Crippen molar-refractivity contribution in [1.29, 1.82) is 0 Å². The lowest BCUT2D eigenvalue weighted by Crippen LogP contribution is -2.15. The predicted octanol–water partition coefficient (Wildman–Crippen LogP) is 16.0. The molecule has 1 aliphatic carbocycles. The van der Waals surface area contributed by atoms with Gasteiger partial charge in [-0.15, -0.1) is 11.3 Å². The van der Waals surface area contributed by atoms with Gasteiger partial charge in [0, 0.05) is 31.0 Å². The van der Waals surface area contributed by atoms with Crippen LogP contribution in [0, 0.1) is 0 Å². The first kappa shape index (κ1) is 31.8. The van der Waals surface area contributed by atoms with Gasteiger partial charge in [-0.05, 0) is 118 Å². The van der Waals surface area contributed by atoms with Crippen LogP contribution in [0.2, 0.25) is 0 Å². The van der Waals surface area contributed by atoms with Gasteiger partial charge in [0.2, 0.25) is 0 Å². The molecule has 1 aromatic heterocycles. The molecule has 0 unspecified atom stereocenters. The van der Waals surface area contributed by atoms with Crippen molar-refractivity contribution in [1.82, 2.24) is 0 Å². The number of rotatable bonds is 3. The quantitative estimate of drug-likeness (QED) is 0.159. The number of hydrogen-bond acceptors (Lipinski definition) is 1. The highest BCUT2D eigenvalue weighted by atomic mass is 32.1. The fraction of sp³-hybridized carbons (Fsp3) is 0.0545. The van der Waals surface area contributed by atoms with Gasteiger partial charge in [0.15, 0.2) is 0 Å². The zero-order valence-corrected chi connectivity index (χ0v) is 32.0. The third-order valence-corrected chi connectivity index (χ3v) is 13.8. The van der Waals surface area contributed by atoms with E-state index in [4.69, 9.17) is 0 Å². The second-order valence-electron chi connectivity index (χ2n) is 16.0. The lowest BCUT2D eigenvalue weighted by Gasteiger charge is -2.23. The Bertz CT molecular complexity index is 3380. The summed E-state index contributed by atoms with van der Waals surface area (Å²) in [4.78, 5) is 0. The summed E-state index contributed by atoms with van der Waals surface area (Å²) in [6.45, 7) is 4.83. The topological polar surface area (TPSA) is 0 Å². The van der Waals surface area contributed by atoms with Crippen LogP contribution in [-0.4, -0.2) is 0 Å². The Labute approximate surface area is 329 Å². The number of hydrogen-bond donors (Lipinski definition) is 0. The molecule has 0 spiro atoms. The van der Waals surface area contributed by atoms with E-state index in [0.29, 0.717) is 0 Å². The average molecular weight is 729 g/mol. The van der Waals surface area contributed by atoms with Crippen LogP contribution in [0.4, 0.5) is 0 Å². The number of thiophene rings is 1. The maximum Gasteiger partial charge on any atom is 0.0437 e. The largest absolute Gasteiger partial charge is 0.135 e. The predicted molar refractivity (Wildman–Crippen MR) is 243 cm³/mol. The molecule has 1 aliphatic rings. The summed E-state index contributed by atoms with van der Waals surface area (Å²) in [5.41, 5.74) is 13.1. The molecule has 0 amide bonds. The molecule has 0 aliphatic heterocycles. The van der Waals surface area contributed by atoms with Crippen LogP contribution in [0.3, 0.4) is 0 Å². The summed E-state index contributed by atoms with van der Waals surface area (Å²) in [6.07, 6.45) is 0. The zero-order chi connectivity index (χ0) is 37.1. The van der Waals surface area contributed by atoms with E-state index < -0.39 is 0 Å². The molecule has 0 radical (unpaired) electrons. The minimum Gasteiger partial charge on any atom is -0.135 e. The van der Waals surface area contributed by atoms with Crippen LogP contribution in [-0.2, 0) is 5.41 Å². The van der Waals surface area contributed by atoms with Crippen molar-refractivity contribution in [3.63, 3.8) is 0 Å². The van der Waals surface area contributed by atoms with Crippen molar-refractivity contribution in [2.24, 2.45) is 0 Å². The summed E-state index contributed by atoms with van der Waals surface area (Å²) >= 11 is 1.94. The van der Waals surface area contributed by atoms with Crippen LogP contribution < -0.4 is 0 Å². The van der Waals surface area contributed by atoms with Gasteiger partial charge in [0.1, 0.15) is 0 Å². The van der Waals surface area contributed by atoms with Gasteiger partial charge in [-0.25, -0.2) is 0 Å². The van der Waals surface area contributed by atoms with Gasteiger partial charge in [-0.1, -0.05) is 172 Å². The van der Waals surface area contributed by atoms with Crippen molar-refractivity contribution in [2.45, 2.75) is 19.3 Å². The Morgan fingerprint density at radius 1 is 0.375 bits per heavy atom. The molecule has 11 aromatic rings. The molecule has 10 aromatic carbocycles. The van der Waals surface area contributed by atoms with Gasteiger partial charge in [0.25, 0.3) is 0 Å². The first-order valence-electron chi connectivity index (χ1n) is 19.6. The molecule has 0 saturated carbocycles. The third kappa shape index (κ3) is 4.47. The fourth-order valence-corrected chi connectivity index (χ4v) is 11.3. The maximum atomic E-state index is 2.45. The molecular weight excluding hydrogens is 693 g/mol. The Morgan fingerprint density at radius 3 is 1.62 bits per heavy atom. The summed E-state index contributed by atoms with van der Waals surface area (Å²) in [5, 5.41) is 13.1.